The van der Waals surface area contributed by atoms with E-state index in [-0.39, 0.29) is 19.4 Å². The molecule has 3 N–H and O–H groups in total. The van der Waals surface area contributed by atoms with E-state index in [9.17, 15) is 24.6 Å². The van der Waals surface area contributed by atoms with Crippen molar-refractivity contribution >= 4 is 41.0 Å². The Morgan fingerprint density at radius 1 is 1.15 bits per heavy atom. The van der Waals surface area contributed by atoms with Gasteiger partial charge >= 0.3 is 11.9 Å². The summed E-state index contributed by atoms with van der Waals surface area (Å²) in [6.07, 6.45) is 1.60. The van der Waals surface area contributed by atoms with Gasteiger partial charge in [-0.15, -0.1) is 0 Å². The molecule has 176 valence electrons. The predicted octanol–water partition coefficient (Wildman–Crippen LogP) is 3.83. The van der Waals surface area contributed by atoms with Crippen molar-refractivity contribution in [2.45, 2.75) is 39.3 Å². The molecule has 2 aromatic rings. The quantitative estimate of drug-likeness (QED) is 0.483. The van der Waals surface area contributed by atoms with E-state index in [1.807, 2.05) is 0 Å². The predicted molar refractivity (Wildman–Crippen MR) is 121 cm³/mol. The van der Waals surface area contributed by atoms with Crippen molar-refractivity contribution < 1.29 is 29.3 Å². The first-order chi connectivity index (χ1) is 15.5. The van der Waals surface area contributed by atoms with E-state index < -0.39 is 41.1 Å². The van der Waals surface area contributed by atoms with Crippen LogP contribution >= 0.6 is 23.2 Å². The molecule has 0 saturated heterocycles. The van der Waals surface area contributed by atoms with Gasteiger partial charge in [0.1, 0.15) is 18.4 Å². The largest absolute Gasteiger partial charge is 0.487 e. The van der Waals surface area contributed by atoms with Gasteiger partial charge < -0.3 is 20.3 Å². The Morgan fingerprint density at radius 2 is 1.82 bits per heavy atom. The number of aromatic nitrogens is 1. The van der Waals surface area contributed by atoms with Gasteiger partial charge in [0.25, 0.3) is 0 Å². The molecule has 1 heterocycles. The van der Waals surface area contributed by atoms with Crippen molar-refractivity contribution in [2.24, 2.45) is 17.3 Å². The maximum Gasteiger partial charge on any atom is 0.326 e. The van der Waals surface area contributed by atoms with Crippen LogP contribution in [0.25, 0.3) is 0 Å². The van der Waals surface area contributed by atoms with Crippen molar-refractivity contribution in [2.75, 3.05) is 0 Å². The molecule has 33 heavy (non-hydrogen) atoms. The number of benzene rings is 1. The van der Waals surface area contributed by atoms with Crippen molar-refractivity contribution in [1.29, 1.82) is 0 Å². The second-order valence-corrected chi connectivity index (χ2v) is 9.39. The minimum absolute atomic E-state index is 0.0345. The third-order valence-corrected chi connectivity index (χ3v) is 6.86. The van der Waals surface area contributed by atoms with Crippen LogP contribution in [0.1, 0.15) is 31.5 Å². The van der Waals surface area contributed by atoms with Crippen LogP contribution in [-0.4, -0.2) is 39.1 Å². The van der Waals surface area contributed by atoms with Crippen LogP contribution in [0.15, 0.2) is 36.5 Å². The Balaban J connectivity index is 1.59. The molecule has 1 aromatic carbocycles. The summed E-state index contributed by atoms with van der Waals surface area (Å²) in [5.41, 5.74) is 0.338. The van der Waals surface area contributed by atoms with Crippen LogP contribution in [0.4, 0.5) is 0 Å². The second kappa shape index (κ2) is 9.97. The molecule has 1 aliphatic carbocycles. The first kappa shape index (κ1) is 24.8. The fourth-order valence-corrected chi connectivity index (χ4v) is 4.42. The molecular formula is C23H24Cl2N2O6. The molecule has 1 fully saturated rings. The summed E-state index contributed by atoms with van der Waals surface area (Å²) in [4.78, 5) is 39.8. The van der Waals surface area contributed by atoms with Gasteiger partial charge in [-0.3, -0.25) is 14.6 Å². The van der Waals surface area contributed by atoms with Crippen LogP contribution in [-0.2, 0) is 27.4 Å². The van der Waals surface area contributed by atoms with E-state index in [1.165, 1.54) is 6.20 Å². The number of aliphatic carboxylic acids is 2. The SMILES string of the molecule is CC1(C)C(C(=O)O)CC1C(=O)N[C@@H](Cc1ccc(OCc2c(Cl)cccc2Cl)cn1)C(=O)O. The highest BCUT2D eigenvalue weighted by molar-refractivity contribution is 6.35. The topological polar surface area (TPSA) is 126 Å². The number of rotatable bonds is 9. The molecule has 0 spiro atoms. The fourth-order valence-electron chi connectivity index (χ4n) is 3.91. The van der Waals surface area contributed by atoms with Crippen LogP contribution in [0.3, 0.4) is 0 Å². The summed E-state index contributed by atoms with van der Waals surface area (Å²) in [6, 6.07) is 7.21. The monoisotopic (exact) mass is 494 g/mol. The molecule has 1 aliphatic rings. The fraction of sp³-hybridized carbons (Fsp3) is 0.391. The molecule has 0 bridgehead atoms. The third kappa shape index (κ3) is 5.57. The summed E-state index contributed by atoms with van der Waals surface area (Å²) in [7, 11) is 0. The number of carbonyl (C=O) groups excluding carboxylic acids is 1. The van der Waals surface area contributed by atoms with Gasteiger partial charge in [0.05, 0.1) is 12.1 Å². The number of pyridine rings is 1. The number of carboxylic acid groups (broad SMARTS) is 2. The minimum atomic E-state index is -1.20. The molecular weight excluding hydrogens is 471 g/mol. The molecule has 1 amide bonds. The minimum Gasteiger partial charge on any atom is -0.487 e. The van der Waals surface area contributed by atoms with Gasteiger partial charge in [-0.25, -0.2) is 4.79 Å². The molecule has 0 radical (unpaired) electrons. The van der Waals surface area contributed by atoms with Crippen LogP contribution < -0.4 is 10.1 Å². The smallest absolute Gasteiger partial charge is 0.326 e. The highest BCUT2D eigenvalue weighted by Crippen LogP contribution is 2.51. The number of carboxylic acids is 2. The standard InChI is InChI=1S/C23H24Cl2N2O6/c1-23(2)15(9-16(23)21(29)30)20(28)27-19(22(31)32)8-12-6-7-13(10-26-12)33-11-14-17(24)4-3-5-18(14)25/h3-7,10,15-16,19H,8-9,11H2,1-2H3,(H,27,28)(H,29,30)(H,31,32)/t15?,16?,19-/m0/s1. The van der Waals surface area contributed by atoms with Crippen molar-refractivity contribution in [3.05, 3.63) is 57.8 Å². The van der Waals surface area contributed by atoms with Crippen molar-refractivity contribution in [3.63, 3.8) is 0 Å². The summed E-state index contributed by atoms with van der Waals surface area (Å²) < 4.78 is 5.67. The number of ether oxygens (including phenoxy) is 1. The van der Waals surface area contributed by atoms with Gasteiger partial charge in [-0.05, 0) is 36.1 Å². The Labute approximate surface area is 200 Å². The average molecular weight is 495 g/mol. The van der Waals surface area contributed by atoms with Gasteiger partial charge in [0.15, 0.2) is 0 Å². The summed E-state index contributed by atoms with van der Waals surface area (Å²) >= 11 is 12.3. The zero-order valence-corrected chi connectivity index (χ0v) is 19.6. The Bertz CT molecular complexity index is 1040. The number of carbonyl (C=O) groups is 3. The Hall–Kier alpha value is -2.84. The van der Waals surface area contributed by atoms with Crippen molar-refractivity contribution in [3.8, 4) is 5.75 Å². The van der Waals surface area contributed by atoms with Crippen LogP contribution in [0.2, 0.25) is 10.0 Å². The zero-order chi connectivity index (χ0) is 24.3. The molecule has 1 saturated carbocycles. The summed E-state index contributed by atoms with van der Waals surface area (Å²) in [6.45, 7) is 3.54. The number of halogens is 2. The number of hydrogen-bond acceptors (Lipinski definition) is 5. The van der Waals surface area contributed by atoms with Gasteiger partial charge in [0, 0.05) is 33.6 Å². The molecule has 2 unspecified atom stereocenters. The van der Waals surface area contributed by atoms with Gasteiger partial charge in [-0.1, -0.05) is 43.1 Å². The van der Waals surface area contributed by atoms with E-state index in [0.29, 0.717) is 27.1 Å². The molecule has 3 rings (SSSR count). The van der Waals surface area contributed by atoms with E-state index in [0.717, 1.165) is 0 Å². The highest BCUT2D eigenvalue weighted by atomic mass is 35.5. The third-order valence-electron chi connectivity index (χ3n) is 6.15. The van der Waals surface area contributed by atoms with Gasteiger partial charge in [-0.2, -0.15) is 0 Å². The lowest BCUT2D eigenvalue weighted by molar-refractivity contribution is -0.164. The maximum absolute atomic E-state index is 12.6. The molecule has 3 atom stereocenters. The number of hydrogen-bond donors (Lipinski definition) is 3. The zero-order valence-electron chi connectivity index (χ0n) is 18.0. The maximum atomic E-state index is 12.6. The van der Waals surface area contributed by atoms with E-state index in [4.69, 9.17) is 27.9 Å². The number of nitrogens with zero attached hydrogens (tertiary/aromatic N) is 1. The molecule has 0 aliphatic heterocycles. The molecule has 8 nitrogen and oxygen atoms in total. The Morgan fingerprint density at radius 3 is 2.33 bits per heavy atom. The van der Waals surface area contributed by atoms with E-state index >= 15 is 0 Å². The first-order valence-corrected chi connectivity index (χ1v) is 11.0. The van der Waals surface area contributed by atoms with E-state index in [2.05, 4.69) is 10.3 Å². The average Bonchev–Trinajstić information content (AvgIpc) is 2.73. The molecule has 1 aromatic heterocycles. The van der Waals surface area contributed by atoms with Gasteiger partial charge in [0.2, 0.25) is 5.91 Å². The Kier molecular flexibility index (Phi) is 7.49. The van der Waals surface area contributed by atoms with Crippen LogP contribution in [0.5, 0.6) is 5.75 Å². The van der Waals surface area contributed by atoms with Crippen molar-refractivity contribution in [1.82, 2.24) is 10.3 Å². The number of amides is 1. The normalized spacial score (nSPS) is 19.8. The first-order valence-electron chi connectivity index (χ1n) is 10.3. The summed E-state index contributed by atoms with van der Waals surface area (Å²) in [5.74, 6) is -3.39. The number of nitrogens with one attached hydrogen (secondary N) is 1. The van der Waals surface area contributed by atoms with Crippen LogP contribution in [0, 0.1) is 17.3 Å². The molecule has 10 heteroatoms. The lowest BCUT2D eigenvalue weighted by Gasteiger charge is -2.48. The lowest BCUT2D eigenvalue weighted by atomic mass is 9.54. The van der Waals surface area contributed by atoms with E-state index in [1.54, 1.807) is 44.2 Å². The highest BCUT2D eigenvalue weighted by Gasteiger charge is 2.55. The lowest BCUT2D eigenvalue weighted by Crippen LogP contribution is -2.57. The second-order valence-electron chi connectivity index (χ2n) is 8.58. The summed E-state index contributed by atoms with van der Waals surface area (Å²) in [5, 5.41) is 22.3.